The number of pyridine rings is 1. The van der Waals surface area contributed by atoms with E-state index < -0.39 is 0 Å². The summed E-state index contributed by atoms with van der Waals surface area (Å²) in [5.41, 5.74) is 4.03. The second kappa shape index (κ2) is 11.3. The lowest BCUT2D eigenvalue weighted by atomic mass is 9.99. The number of rotatable bonds is 9. The average molecular weight is 431 g/mol. The van der Waals surface area contributed by atoms with E-state index in [2.05, 4.69) is 16.3 Å². The normalized spacial score (nSPS) is 10.6. The van der Waals surface area contributed by atoms with Gasteiger partial charge in [0.15, 0.2) is 0 Å². The Hall–Kier alpha value is -3.14. The third-order valence-electron chi connectivity index (χ3n) is 4.70. The summed E-state index contributed by atoms with van der Waals surface area (Å²) in [5, 5.41) is 13.4. The first-order chi connectivity index (χ1) is 15.1. The van der Waals surface area contributed by atoms with Gasteiger partial charge >= 0.3 is 0 Å². The van der Waals surface area contributed by atoms with E-state index in [1.54, 1.807) is 0 Å². The summed E-state index contributed by atoms with van der Waals surface area (Å²) in [6.45, 7) is 1.56. The maximum atomic E-state index is 12.3. The molecule has 0 unspecified atom stereocenters. The Labute approximate surface area is 188 Å². The Bertz CT molecular complexity index is 1050. The number of hydrogen-bond donors (Lipinski definition) is 1. The number of aromatic nitrogens is 1. The molecule has 1 amide bonds. The molecule has 31 heavy (non-hydrogen) atoms. The van der Waals surface area contributed by atoms with E-state index in [4.69, 9.17) is 4.98 Å². The second-order valence-electron chi connectivity index (χ2n) is 7.37. The monoisotopic (exact) mass is 430 g/mol. The third-order valence-corrected chi connectivity index (χ3v) is 5.67. The first kappa shape index (κ1) is 22.5. The van der Waals surface area contributed by atoms with Crippen molar-refractivity contribution in [1.82, 2.24) is 15.2 Å². The van der Waals surface area contributed by atoms with Crippen LogP contribution >= 0.6 is 11.8 Å². The molecule has 5 nitrogen and oxygen atoms in total. The van der Waals surface area contributed by atoms with Crippen LogP contribution in [0.1, 0.15) is 12.0 Å². The van der Waals surface area contributed by atoms with Gasteiger partial charge in [-0.3, -0.25) is 4.79 Å². The number of nitrogens with one attached hydrogen (secondary N) is 1. The maximum Gasteiger partial charge on any atom is 0.230 e. The summed E-state index contributed by atoms with van der Waals surface area (Å²) in [7, 11) is 4.02. The molecule has 3 aromatic rings. The molecule has 2 aromatic carbocycles. The van der Waals surface area contributed by atoms with Crippen molar-refractivity contribution in [3.05, 3.63) is 72.3 Å². The van der Waals surface area contributed by atoms with Crippen LogP contribution in [0.4, 0.5) is 0 Å². The molecule has 0 fully saturated rings. The molecule has 6 heteroatoms. The van der Waals surface area contributed by atoms with Crippen molar-refractivity contribution in [3.8, 4) is 28.5 Å². The zero-order valence-electron chi connectivity index (χ0n) is 17.8. The highest BCUT2D eigenvalue weighted by atomic mass is 32.2. The molecule has 0 atom stereocenters. The number of hydrogen-bond acceptors (Lipinski definition) is 5. The average Bonchev–Trinajstić information content (AvgIpc) is 2.81. The molecule has 0 saturated carbocycles. The van der Waals surface area contributed by atoms with Gasteiger partial charge in [-0.25, -0.2) is 4.98 Å². The van der Waals surface area contributed by atoms with Crippen LogP contribution in [-0.4, -0.2) is 48.7 Å². The molecule has 1 aromatic heterocycles. The molecule has 1 heterocycles. The molecule has 0 saturated heterocycles. The molecule has 0 aliphatic carbocycles. The van der Waals surface area contributed by atoms with Crippen LogP contribution in [0.25, 0.3) is 22.4 Å². The molecule has 0 aliphatic heterocycles. The van der Waals surface area contributed by atoms with Crippen molar-refractivity contribution >= 4 is 17.7 Å². The van der Waals surface area contributed by atoms with Gasteiger partial charge in [-0.05, 0) is 38.7 Å². The maximum absolute atomic E-state index is 12.3. The van der Waals surface area contributed by atoms with E-state index in [1.807, 2.05) is 80.8 Å². The smallest absolute Gasteiger partial charge is 0.230 e. The van der Waals surface area contributed by atoms with E-state index in [0.29, 0.717) is 17.1 Å². The van der Waals surface area contributed by atoms with Crippen molar-refractivity contribution < 1.29 is 4.79 Å². The summed E-state index contributed by atoms with van der Waals surface area (Å²) < 4.78 is 0. The minimum atomic E-state index is -0.0548. The van der Waals surface area contributed by atoms with Gasteiger partial charge in [-0.15, -0.1) is 0 Å². The fourth-order valence-electron chi connectivity index (χ4n) is 3.14. The van der Waals surface area contributed by atoms with Gasteiger partial charge in [0.2, 0.25) is 5.91 Å². The fourth-order valence-corrected chi connectivity index (χ4v) is 3.98. The van der Waals surface area contributed by atoms with Crippen LogP contribution < -0.4 is 5.32 Å². The highest BCUT2D eigenvalue weighted by Crippen LogP contribution is 2.34. The number of carbonyl (C=O) groups excluding carboxylic acids is 1. The summed E-state index contributed by atoms with van der Waals surface area (Å²) in [5.74, 6) is 0.164. The number of nitriles is 1. The van der Waals surface area contributed by atoms with E-state index in [1.165, 1.54) is 11.8 Å². The van der Waals surface area contributed by atoms with Gasteiger partial charge in [0, 0.05) is 17.7 Å². The van der Waals surface area contributed by atoms with Crippen LogP contribution in [-0.2, 0) is 4.79 Å². The Morgan fingerprint density at radius 3 is 2.32 bits per heavy atom. The Morgan fingerprint density at radius 1 is 1.06 bits per heavy atom. The lowest BCUT2D eigenvalue weighted by Crippen LogP contribution is -2.28. The number of amides is 1. The zero-order valence-corrected chi connectivity index (χ0v) is 18.7. The number of carbonyl (C=O) groups is 1. The van der Waals surface area contributed by atoms with Crippen molar-refractivity contribution in [3.63, 3.8) is 0 Å². The third kappa shape index (κ3) is 6.42. The topological polar surface area (TPSA) is 69.0 Å². The minimum Gasteiger partial charge on any atom is -0.355 e. The molecule has 1 N–H and O–H groups in total. The highest BCUT2D eigenvalue weighted by molar-refractivity contribution is 8.00. The van der Waals surface area contributed by atoms with Gasteiger partial charge in [-0.1, -0.05) is 72.4 Å². The van der Waals surface area contributed by atoms with E-state index >= 15 is 0 Å². The van der Waals surface area contributed by atoms with Gasteiger partial charge in [-0.2, -0.15) is 5.26 Å². The largest absolute Gasteiger partial charge is 0.355 e. The Kier molecular flexibility index (Phi) is 8.22. The zero-order chi connectivity index (χ0) is 22.1. The van der Waals surface area contributed by atoms with Gasteiger partial charge in [0.05, 0.1) is 17.0 Å². The van der Waals surface area contributed by atoms with E-state index in [9.17, 15) is 10.1 Å². The Morgan fingerprint density at radius 2 is 1.71 bits per heavy atom. The summed E-state index contributed by atoms with van der Waals surface area (Å²) in [6, 6.07) is 24.0. The highest BCUT2D eigenvalue weighted by Gasteiger charge is 2.16. The van der Waals surface area contributed by atoms with E-state index in [0.717, 1.165) is 35.3 Å². The molecule has 0 spiro atoms. The van der Waals surface area contributed by atoms with Crippen molar-refractivity contribution in [2.45, 2.75) is 11.4 Å². The predicted octanol–water partition coefficient (Wildman–Crippen LogP) is 4.45. The Balaban J connectivity index is 1.86. The van der Waals surface area contributed by atoms with E-state index in [-0.39, 0.29) is 11.7 Å². The van der Waals surface area contributed by atoms with Gasteiger partial charge in [0.1, 0.15) is 11.1 Å². The number of benzene rings is 2. The lowest BCUT2D eigenvalue weighted by Gasteiger charge is -2.13. The lowest BCUT2D eigenvalue weighted by molar-refractivity contribution is -0.118. The molecule has 3 rings (SSSR count). The first-order valence-electron chi connectivity index (χ1n) is 10.2. The van der Waals surface area contributed by atoms with Gasteiger partial charge in [0.25, 0.3) is 0 Å². The van der Waals surface area contributed by atoms with Crippen LogP contribution in [0, 0.1) is 11.3 Å². The van der Waals surface area contributed by atoms with Gasteiger partial charge < -0.3 is 10.2 Å². The van der Waals surface area contributed by atoms with Crippen LogP contribution in [0.5, 0.6) is 0 Å². The minimum absolute atomic E-state index is 0.0548. The van der Waals surface area contributed by atoms with Crippen molar-refractivity contribution in [2.75, 3.05) is 32.9 Å². The van der Waals surface area contributed by atoms with Crippen molar-refractivity contribution in [2.24, 2.45) is 0 Å². The van der Waals surface area contributed by atoms with Crippen LogP contribution in [0.2, 0.25) is 0 Å². The molecule has 0 bridgehead atoms. The molecular formula is C25H26N4OS. The fraction of sp³-hybridized carbons (Fsp3) is 0.240. The number of thioether (sulfide) groups is 1. The van der Waals surface area contributed by atoms with Crippen molar-refractivity contribution in [1.29, 1.82) is 5.26 Å². The van der Waals surface area contributed by atoms with Crippen LogP contribution in [0.3, 0.4) is 0 Å². The summed E-state index contributed by atoms with van der Waals surface area (Å²) in [4.78, 5) is 19.1. The first-order valence-corrected chi connectivity index (χ1v) is 11.2. The number of nitrogens with zero attached hydrogens (tertiary/aromatic N) is 3. The molecule has 0 aliphatic rings. The standard InChI is InChI=1S/C25H26N4OS/c1-29(2)15-9-14-27-24(30)18-31-25-22(17-26)21(19-10-5-3-6-11-19)16-23(28-25)20-12-7-4-8-13-20/h3-8,10-13,16H,9,14-15,18H2,1-2H3,(H,27,30). The molecular weight excluding hydrogens is 404 g/mol. The molecule has 158 valence electrons. The SMILES string of the molecule is CN(C)CCCNC(=O)CSc1nc(-c2ccccc2)cc(-c2ccccc2)c1C#N. The quantitative estimate of drug-likeness (QED) is 0.401. The summed E-state index contributed by atoms with van der Waals surface area (Å²) in [6.07, 6.45) is 0.896. The molecule has 0 radical (unpaired) electrons. The summed E-state index contributed by atoms with van der Waals surface area (Å²) >= 11 is 1.31. The van der Waals surface area contributed by atoms with Crippen LogP contribution in [0.15, 0.2) is 71.8 Å². The second-order valence-corrected chi connectivity index (χ2v) is 8.34. The predicted molar refractivity (Wildman–Crippen MR) is 127 cm³/mol.